The number of rotatable bonds is 8. The third kappa shape index (κ3) is 6.21. The van der Waals surface area contributed by atoms with Crippen LogP contribution in [0.1, 0.15) is 64.5 Å². The van der Waals surface area contributed by atoms with Crippen LogP contribution in [0.25, 0.3) is 38.8 Å². The van der Waals surface area contributed by atoms with Crippen LogP contribution in [0.2, 0.25) is 0 Å². The molecule has 8 rings (SSSR count). The first-order chi connectivity index (χ1) is 24.3. The van der Waals surface area contributed by atoms with Crippen LogP contribution in [0.15, 0.2) is 115 Å². The van der Waals surface area contributed by atoms with E-state index >= 15 is 0 Å². The second-order valence-corrected chi connectivity index (χ2v) is 13.8. The molecule has 3 heterocycles. The molecule has 0 saturated carbocycles. The standard InChI is InChI=1S/C44H40N4O2.Pt/c1-28(2)35-16-12-17-36(29(3)4)44(35)31-23-24-45-43(25-31)46-39-18-8-7-15-37(39)38-22-21-34(27-42(38)46)49-33-14-11-13-32(26-33)48-41-20-10-9-19-40(41)47(50-48)30(5)6;/h7-25,28-30H,1-6H3;/q-2;/p+1. The molecule has 7 heteroatoms. The molecule has 260 valence electrons. The zero-order valence-electron chi connectivity index (χ0n) is 29.7. The summed E-state index contributed by atoms with van der Waals surface area (Å²) >= 11 is 0. The molecule has 7 aromatic rings. The van der Waals surface area contributed by atoms with Gasteiger partial charge in [-0.1, -0.05) is 81.7 Å². The third-order valence-corrected chi connectivity index (χ3v) is 9.43. The SMILES string of the molecule is CC(C)c1cccc(C(C)C)c1-c1ccnc(-n2c3[c-]c(Oc4[c-]c(N5[OH+]N(C(C)C)c6ccccc65)ccc4)ccc3c3ccccc32)c1.[Pt]. The Labute approximate surface area is 314 Å². The van der Waals surface area contributed by atoms with Crippen LogP contribution in [0.5, 0.6) is 11.5 Å². The molecule has 0 spiro atoms. The monoisotopic (exact) mass is 852 g/mol. The molecule has 0 amide bonds. The van der Waals surface area contributed by atoms with Gasteiger partial charge in [-0.25, -0.2) is 4.98 Å². The predicted octanol–water partition coefficient (Wildman–Crippen LogP) is 11.7. The van der Waals surface area contributed by atoms with Gasteiger partial charge in [0.25, 0.3) is 0 Å². The average molecular weight is 853 g/mol. The van der Waals surface area contributed by atoms with E-state index in [1.807, 2.05) is 52.7 Å². The molecule has 0 unspecified atom stereocenters. The van der Waals surface area contributed by atoms with Crippen LogP contribution in [0.3, 0.4) is 0 Å². The summed E-state index contributed by atoms with van der Waals surface area (Å²) < 4.78 is 8.69. The molecule has 6 nitrogen and oxygen atoms in total. The topological polar surface area (TPSA) is 46.3 Å². The number of para-hydroxylation sites is 3. The maximum Gasteiger partial charge on any atom is 0.145 e. The van der Waals surface area contributed by atoms with Crippen molar-refractivity contribution in [1.29, 1.82) is 0 Å². The van der Waals surface area contributed by atoms with E-state index in [-0.39, 0.29) is 27.1 Å². The van der Waals surface area contributed by atoms with Crippen molar-refractivity contribution in [1.82, 2.24) is 9.55 Å². The van der Waals surface area contributed by atoms with Gasteiger partial charge < -0.3 is 9.30 Å². The minimum Gasteiger partial charge on any atom is -0.509 e. The van der Waals surface area contributed by atoms with Crippen molar-refractivity contribution in [2.75, 3.05) is 10.1 Å². The molecule has 0 atom stereocenters. The number of nitrogens with zero attached hydrogens (tertiary/aromatic N) is 4. The van der Waals surface area contributed by atoms with Gasteiger partial charge in [-0.3, -0.25) is 0 Å². The first kappa shape index (κ1) is 34.5. The summed E-state index contributed by atoms with van der Waals surface area (Å²) in [6.45, 7) is 13.3. The minimum absolute atomic E-state index is 0. The second-order valence-electron chi connectivity index (χ2n) is 13.8. The maximum absolute atomic E-state index is 6.49. The first-order valence-corrected chi connectivity index (χ1v) is 17.4. The Hall–Kier alpha value is -4.90. The Morgan fingerprint density at radius 2 is 1.35 bits per heavy atom. The minimum atomic E-state index is 0. The molecule has 5 aromatic carbocycles. The molecular formula is C44H41N4O2Pt-. The second kappa shape index (κ2) is 14.0. The van der Waals surface area contributed by atoms with E-state index < -0.39 is 0 Å². The summed E-state index contributed by atoms with van der Waals surface area (Å²) in [6.07, 6.45) is 1.93. The van der Waals surface area contributed by atoms with Gasteiger partial charge in [0.2, 0.25) is 0 Å². The molecule has 0 aliphatic carbocycles. The number of fused-ring (bicyclic) bond motifs is 4. The number of hydroxylamine groups is 1. The Morgan fingerprint density at radius 3 is 2.10 bits per heavy atom. The van der Waals surface area contributed by atoms with Crippen LogP contribution < -0.4 is 14.9 Å². The molecule has 0 bridgehead atoms. The number of pyridine rings is 1. The largest absolute Gasteiger partial charge is 0.509 e. The zero-order valence-corrected chi connectivity index (χ0v) is 31.9. The van der Waals surface area contributed by atoms with Gasteiger partial charge in [0.1, 0.15) is 17.2 Å². The van der Waals surface area contributed by atoms with E-state index in [0.717, 1.165) is 50.2 Å². The average Bonchev–Trinajstić information content (AvgIpc) is 3.68. The van der Waals surface area contributed by atoms with Gasteiger partial charge in [0, 0.05) is 50.0 Å². The van der Waals surface area contributed by atoms with Crippen molar-refractivity contribution in [3.63, 3.8) is 0 Å². The summed E-state index contributed by atoms with van der Waals surface area (Å²) in [5.74, 6) is 2.80. The van der Waals surface area contributed by atoms with Gasteiger partial charge in [0.05, 0.1) is 6.04 Å². The number of ether oxygens (including phenoxy) is 1. The van der Waals surface area contributed by atoms with Gasteiger partial charge in [-0.05, 0) is 83.7 Å². The molecule has 0 fully saturated rings. The molecule has 1 aliphatic heterocycles. The van der Waals surface area contributed by atoms with Crippen LogP contribution in [0, 0.1) is 12.1 Å². The number of hydrogen-bond donors (Lipinski definition) is 0. The summed E-state index contributed by atoms with van der Waals surface area (Å²) in [7, 11) is 0. The number of anilines is 3. The normalized spacial score (nSPS) is 12.7. The van der Waals surface area contributed by atoms with Crippen molar-refractivity contribution in [2.24, 2.45) is 0 Å². The Balaban J connectivity index is 0.00000406. The van der Waals surface area contributed by atoms with Crippen molar-refractivity contribution in [3.8, 4) is 28.4 Å². The van der Waals surface area contributed by atoms with E-state index in [0.29, 0.717) is 23.3 Å². The van der Waals surface area contributed by atoms with E-state index in [9.17, 15) is 0 Å². The summed E-state index contributed by atoms with van der Waals surface area (Å²) in [4.78, 5) is 9.84. The van der Waals surface area contributed by atoms with E-state index in [1.54, 1.807) is 0 Å². The molecule has 0 saturated heterocycles. The maximum atomic E-state index is 6.49. The first-order valence-electron chi connectivity index (χ1n) is 17.4. The van der Waals surface area contributed by atoms with Crippen molar-refractivity contribution in [3.05, 3.63) is 139 Å². The smallest absolute Gasteiger partial charge is 0.145 e. The van der Waals surface area contributed by atoms with Crippen molar-refractivity contribution < 1.29 is 30.7 Å². The predicted molar refractivity (Wildman–Crippen MR) is 204 cm³/mol. The van der Waals surface area contributed by atoms with Crippen LogP contribution in [-0.2, 0) is 21.1 Å². The fraction of sp³-hybridized carbons (Fsp3) is 0.205. The van der Waals surface area contributed by atoms with Crippen LogP contribution in [0.4, 0.5) is 17.1 Å². The van der Waals surface area contributed by atoms with Crippen LogP contribution in [-0.4, -0.2) is 20.5 Å². The fourth-order valence-electron chi connectivity index (χ4n) is 7.08. The zero-order chi connectivity index (χ0) is 34.5. The third-order valence-electron chi connectivity index (χ3n) is 9.43. The molecule has 2 aromatic heterocycles. The van der Waals surface area contributed by atoms with E-state index in [4.69, 9.17) is 14.7 Å². The summed E-state index contributed by atoms with van der Waals surface area (Å²) in [5, 5.41) is 6.18. The molecule has 51 heavy (non-hydrogen) atoms. The Kier molecular flexibility index (Phi) is 9.49. The van der Waals surface area contributed by atoms with Crippen molar-refractivity contribution >= 4 is 38.9 Å². The summed E-state index contributed by atoms with van der Waals surface area (Å²) in [6, 6.07) is 45.0. The van der Waals surface area contributed by atoms with Gasteiger partial charge >= 0.3 is 0 Å². The van der Waals surface area contributed by atoms with Gasteiger partial charge in [0.15, 0.2) is 0 Å². The Bertz CT molecular complexity index is 2340. The molecule has 1 aliphatic rings. The van der Waals surface area contributed by atoms with Crippen LogP contribution >= 0.6 is 0 Å². The molecule has 1 N–H and O–H groups in total. The summed E-state index contributed by atoms with van der Waals surface area (Å²) in [5.41, 5.74) is 10.0. The molecule has 0 radical (unpaired) electrons. The molecular weight excluding hydrogens is 812 g/mol. The van der Waals surface area contributed by atoms with Gasteiger partial charge in [-0.2, -0.15) is 17.1 Å². The number of benzene rings is 5. The fourth-order valence-corrected chi connectivity index (χ4v) is 7.08. The number of aromatic nitrogens is 2. The van der Waals surface area contributed by atoms with Crippen molar-refractivity contribution in [2.45, 2.75) is 59.4 Å². The van der Waals surface area contributed by atoms with Gasteiger partial charge in [-0.15, -0.1) is 45.8 Å². The Morgan fingerprint density at radius 1 is 0.667 bits per heavy atom. The van der Waals surface area contributed by atoms with E-state index in [2.05, 4.69) is 131 Å². The quantitative estimate of drug-likeness (QED) is 0.113. The van der Waals surface area contributed by atoms with E-state index in [1.165, 1.54) is 16.7 Å². The number of hydrogen-bond acceptors (Lipinski definition) is 4.